The second-order valence-corrected chi connectivity index (χ2v) is 4.76. The summed E-state index contributed by atoms with van der Waals surface area (Å²) in [6, 6.07) is 0. The lowest BCUT2D eigenvalue weighted by atomic mass is 10.3. The van der Waals surface area contributed by atoms with Gasteiger partial charge in [0.2, 0.25) is 5.95 Å². The van der Waals surface area contributed by atoms with Gasteiger partial charge >= 0.3 is 5.97 Å². The van der Waals surface area contributed by atoms with Crippen molar-refractivity contribution in [3.05, 3.63) is 18.0 Å². The van der Waals surface area contributed by atoms with Crippen molar-refractivity contribution < 1.29 is 9.90 Å². The smallest absolute Gasteiger partial charge is 0.303 e. The molecule has 1 aliphatic heterocycles. The fourth-order valence-electron chi connectivity index (χ4n) is 2.12. The van der Waals surface area contributed by atoms with Crippen molar-refractivity contribution in [1.82, 2.24) is 15.3 Å². The van der Waals surface area contributed by atoms with Crippen molar-refractivity contribution >= 4 is 11.9 Å². The maximum Gasteiger partial charge on any atom is 0.303 e. The second-order valence-electron chi connectivity index (χ2n) is 4.76. The van der Waals surface area contributed by atoms with Crippen molar-refractivity contribution in [2.75, 3.05) is 24.5 Å². The molecule has 1 aromatic rings. The highest BCUT2D eigenvalue weighted by molar-refractivity contribution is 5.66. The normalized spacial score (nSPS) is 14.8. The molecule has 1 saturated heterocycles. The minimum absolute atomic E-state index is 0.206. The number of carboxylic acids is 1. The zero-order valence-corrected chi connectivity index (χ0v) is 11.0. The van der Waals surface area contributed by atoms with Gasteiger partial charge in [-0.25, -0.2) is 9.97 Å². The van der Waals surface area contributed by atoms with E-state index in [2.05, 4.69) is 20.2 Å². The standard InChI is InChI=1S/C13H20N4O2/c18-12(19)4-3-5-14-8-11-9-15-13(16-10-11)17-6-1-2-7-17/h9-10,14H,1-8H2,(H,18,19). The van der Waals surface area contributed by atoms with Crippen LogP contribution in [0.1, 0.15) is 31.2 Å². The van der Waals surface area contributed by atoms with Crippen LogP contribution in [0.25, 0.3) is 0 Å². The average Bonchev–Trinajstić information content (AvgIpc) is 2.93. The molecule has 2 heterocycles. The Morgan fingerprint density at radius 1 is 1.32 bits per heavy atom. The maximum atomic E-state index is 10.3. The topological polar surface area (TPSA) is 78.3 Å². The Bertz CT molecular complexity index is 402. The Morgan fingerprint density at radius 2 is 2.00 bits per heavy atom. The summed E-state index contributed by atoms with van der Waals surface area (Å²) in [4.78, 5) is 21.3. The first-order chi connectivity index (χ1) is 9.25. The fourth-order valence-corrected chi connectivity index (χ4v) is 2.12. The highest BCUT2D eigenvalue weighted by atomic mass is 16.4. The predicted octanol–water partition coefficient (Wildman–Crippen LogP) is 1.03. The van der Waals surface area contributed by atoms with Crippen LogP contribution in [0.15, 0.2) is 12.4 Å². The van der Waals surface area contributed by atoms with Gasteiger partial charge in [0.25, 0.3) is 0 Å². The summed E-state index contributed by atoms with van der Waals surface area (Å²) in [5.74, 6) is 0.0622. The van der Waals surface area contributed by atoms with E-state index in [1.54, 1.807) is 0 Å². The summed E-state index contributed by atoms with van der Waals surface area (Å²) in [6.07, 6.45) is 6.96. The Kier molecular flexibility index (Phi) is 5.09. The van der Waals surface area contributed by atoms with Crippen molar-refractivity contribution in [3.63, 3.8) is 0 Å². The zero-order valence-electron chi connectivity index (χ0n) is 11.0. The molecule has 0 aromatic carbocycles. The molecule has 6 heteroatoms. The SMILES string of the molecule is O=C(O)CCCNCc1cnc(N2CCCC2)nc1. The van der Waals surface area contributed by atoms with Crippen molar-refractivity contribution in [2.45, 2.75) is 32.2 Å². The van der Waals surface area contributed by atoms with Gasteiger partial charge in [-0.1, -0.05) is 0 Å². The third-order valence-electron chi connectivity index (χ3n) is 3.15. The summed E-state index contributed by atoms with van der Waals surface area (Å²) >= 11 is 0. The molecule has 0 unspecified atom stereocenters. The van der Waals surface area contributed by atoms with Crippen LogP contribution in [0.5, 0.6) is 0 Å². The van der Waals surface area contributed by atoms with Gasteiger partial charge < -0.3 is 15.3 Å². The number of anilines is 1. The third-order valence-corrected chi connectivity index (χ3v) is 3.15. The number of hydrogen-bond donors (Lipinski definition) is 2. The Hall–Kier alpha value is -1.69. The Labute approximate surface area is 112 Å². The number of aliphatic carboxylic acids is 1. The lowest BCUT2D eigenvalue weighted by Crippen LogP contribution is -2.21. The molecular formula is C13H20N4O2. The molecule has 0 aliphatic carbocycles. The van der Waals surface area contributed by atoms with Crippen LogP contribution in [0.2, 0.25) is 0 Å². The molecule has 104 valence electrons. The molecule has 0 amide bonds. The van der Waals surface area contributed by atoms with Crippen LogP contribution in [0, 0.1) is 0 Å². The lowest BCUT2D eigenvalue weighted by molar-refractivity contribution is -0.137. The number of nitrogens with one attached hydrogen (secondary N) is 1. The summed E-state index contributed by atoms with van der Waals surface area (Å²) in [5, 5.41) is 11.7. The number of nitrogens with zero attached hydrogens (tertiary/aromatic N) is 3. The molecule has 0 radical (unpaired) electrons. The Morgan fingerprint density at radius 3 is 2.63 bits per heavy atom. The summed E-state index contributed by atoms with van der Waals surface area (Å²) < 4.78 is 0. The number of hydrogen-bond acceptors (Lipinski definition) is 5. The fraction of sp³-hybridized carbons (Fsp3) is 0.615. The number of aromatic nitrogens is 2. The molecule has 1 aromatic heterocycles. The predicted molar refractivity (Wildman–Crippen MR) is 72.1 cm³/mol. The van der Waals surface area contributed by atoms with Gasteiger partial charge in [0.05, 0.1) is 0 Å². The molecule has 2 N–H and O–H groups in total. The largest absolute Gasteiger partial charge is 0.481 e. The van der Waals surface area contributed by atoms with Crippen LogP contribution in [0.4, 0.5) is 5.95 Å². The average molecular weight is 264 g/mol. The third kappa shape index (κ3) is 4.48. The van der Waals surface area contributed by atoms with E-state index < -0.39 is 5.97 Å². The molecule has 0 saturated carbocycles. The first kappa shape index (κ1) is 13.7. The van der Waals surface area contributed by atoms with Gasteiger partial charge in [0, 0.05) is 44.0 Å². The van der Waals surface area contributed by atoms with Crippen molar-refractivity contribution in [1.29, 1.82) is 0 Å². The monoisotopic (exact) mass is 264 g/mol. The van der Waals surface area contributed by atoms with Crippen LogP contribution in [-0.4, -0.2) is 40.7 Å². The maximum absolute atomic E-state index is 10.3. The zero-order chi connectivity index (χ0) is 13.5. The molecule has 2 rings (SSSR count). The van der Waals surface area contributed by atoms with E-state index in [0.717, 1.165) is 24.6 Å². The Balaban J connectivity index is 1.71. The first-order valence-corrected chi connectivity index (χ1v) is 6.74. The molecule has 0 spiro atoms. The van der Waals surface area contributed by atoms with E-state index in [1.165, 1.54) is 12.8 Å². The molecule has 1 aliphatic rings. The number of carboxylic acid groups (broad SMARTS) is 1. The second kappa shape index (κ2) is 7.04. The van der Waals surface area contributed by atoms with Crippen LogP contribution < -0.4 is 10.2 Å². The van der Waals surface area contributed by atoms with Crippen molar-refractivity contribution in [2.24, 2.45) is 0 Å². The van der Waals surface area contributed by atoms with Crippen LogP contribution >= 0.6 is 0 Å². The van der Waals surface area contributed by atoms with Crippen LogP contribution in [-0.2, 0) is 11.3 Å². The molecule has 1 fully saturated rings. The van der Waals surface area contributed by atoms with Gasteiger partial charge in [0.15, 0.2) is 0 Å². The van der Waals surface area contributed by atoms with E-state index in [4.69, 9.17) is 5.11 Å². The van der Waals surface area contributed by atoms with Gasteiger partial charge in [-0.3, -0.25) is 4.79 Å². The molecule has 6 nitrogen and oxygen atoms in total. The highest BCUT2D eigenvalue weighted by Crippen LogP contribution is 2.14. The quantitative estimate of drug-likeness (QED) is 0.716. The van der Waals surface area contributed by atoms with E-state index in [9.17, 15) is 4.79 Å². The van der Waals surface area contributed by atoms with E-state index in [0.29, 0.717) is 19.5 Å². The number of rotatable bonds is 7. The molecule has 0 atom stereocenters. The van der Waals surface area contributed by atoms with Gasteiger partial charge in [-0.05, 0) is 25.8 Å². The first-order valence-electron chi connectivity index (χ1n) is 6.74. The molecular weight excluding hydrogens is 244 g/mol. The van der Waals surface area contributed by atoms with E-state index >= 15 is 0 Å². The number of carbonyl (C=O) groups is 1. The van der Waals surface area contributed by atoms with Gasteiger partial charge in [-0.15, -0.1) is 0 Å². The van der Waals surface area contributed by atoms with Crippen LogP contribution in [0.3, 0.4) is 0 Å². The minimum Gasteiger partial charge on any atom is -0.481 e. The highest BCUT2D eigenvalue weighted by Gasteiger charge is 2.14. The summed E-state index contributed by atoms with van der Waals surface area (Å²) in [5.41, 5.74) is 1.03. The van der Waals surface area contributed by atoms with Gasteiger partial charge in [-0.2, -0.15) is 0 Å². The summed E-state index contributed by atoms with van der Waals surface area (Å²) in [7, 11) is 0. The van der Waals surface area contributed by atoms with E-state index in [-0.39, 0.29) is 6.42 Å². The summed E-state index contributed by atoms with van der Waals surface area (Å²) in [6.45, 7) is 3.47. The molecule has 19 heavy (non-hydrogen) atoms. The van der Waals surface area contributed by atoms with Gasteiger partial charge in [0.1, 0.15) is 0 Å². The lowest BCUT2D eigenvalue weighted by Gasteiger charge is -2.14. The van der Waals surface area contributed by atoms with Crippen molar-refractivity contribution in [3.8, 4) is 0 Å². The van der Waals surface area contributed by atoms with E-state index in [1.807, 2.05) is 12.4 Å². The minimum atomic E-state index is -0.750. The molecule has 0 bridgehead atoms.